The molecule has 0 heterocycles. The van der Waals surface area contributed by atoms with Crippen LogP contribution in [0.2, 0.25) is 0 Å². The molecule has 0 amide bonds. The van der Waals surface area contributed by atoms with Crippen molar-refractivity contribution in [2.24, 2.45) is 0 Å². The maximum atomic E-state index is 3.61. The average Bonchev–Trinajstić information content (AvgIpc) is 1.65. The Morgan fingerprint density at radius 2 is 2.11 bits per heavy atom. The highest BCUT2D eigenvalue weighted by Gasteiger charge is 2.16. The van der Waals surface area contributed by atoms with Crippen molar-refractivity contribution in [2.45, 2.75) is 31.5 Å². The maximum absolute atomic E-state index is 3.61. The van der Waals surface area contributed by atoms with E-state index in [0.29, 0.717) is 0 Å². The van der Waals surface area contributed by atoms with Gasteiger partial charge in [0.25, 0.3) is 0 Å². The van der Waals surface area contributed by atoms with Gasteiger partial charge in [0.05, 0.1) is 0 Å². The van der Waals surface area contributed by atoms with Crippen LogP contribution in [-0.4, -0.2) is 4.32 Å². The van der Waals surface area contributed by atoms with Crippen LogP contribution in [0.1, 0.15) is 27.2 Å². The van der Waals surface area contributed by atoms with Crippen molar-refractivity contribution in [1.29, 1.82) is 0 Å². The van der Waals surface area contributed by atoms with Gasteiger partial charge in [0, 0.05) is 4.32 Å². The molecule has 0 saturated heterocycles. The molecule has 0 atom stereocenters. The largest absolute Gasteiger partial charge is 0.128 e. The van der Waals surface area contributed by atoms with Crippen LogP contribution in [0.3, 0.4) is 0 Å². The summed E-state index contributed by atoms with van der Waals surface area (Å²) in [6, 6.07) is 0. The zero-order valence-electron chi connectivity index (χ0n) is 6.29. The Bertz CT molecular complexity index is 133. The fourth-order valence-electron chi connectivity index (χ4n) is 0.756. The zero-order chi connectivity index (χ0) is 7.49. The van der Waals surface area contributed by atoms with E-state index in [2.05, 4.69) is 49.0 Å². The van der Waals surface area contributed by atoms with Crippen LogP contribution >= 0.6 is 15.9 Å². The van der Waals surface area contributed by atoms with Gasteiger partial charge in [0.15, 0.2) is 0 Å². The minimum absolute atomic E-state index is 0.0729. The summed E-state index contributed by atoms with van der Waals surface area (Å²) in [5.74, 6) is 0. The van der Waals surface area contributed by atoms with Gasteiger partial charge in [-0.05, 0) is 25.8 Å². The molecule has 0 aliphatic carbocycles. The van der Waals surface area contributed by atoms with Crippen LogP contribution in [0.4, 0.5) is 0 Å². The molecule has 1 heteroatoms. The standard InChI is InChI=1S/C8H13Br/c1-5-7(6-2)8(3,4)9/h1,6H2,2-4H3. The molecule has 0 aromatic carbocycles. The van der Waals surface area contributed by atoms with Crippen molar-refractivity contribution in [2.75, 3.05) is 0 Å². The van der Waals surface area contributed by atoms with Crippen LogP contribution in [0.5, 0.6) is 0 Å². The number of hydrogen-bond acceptors (Lipinski definition) is 0. The first-order valence-electron chi connectivity index (χ1n) is 3.10. The monoisotopic (exact) mass is 188 g/mol. The summed E-state index contributed by atoms with van der Waals surface area (Å²) in [6.45, 7) is 9.92. The van der Waals surface area contributed by atoms with Crippen molar-refractivity contribution in [1.82, 2.24) is 0 Å². The van der Waals surface area contributed by atoms with Crippen molar-refractivity contribution < 1.29 is 0 Å². The molecule has 0 fully saturated rings. The molecule has 0 unspecified atom stereocenters. The van der Waals surface area contributed by atoms with Crippen LogP contribution < -0.4 is 0 Å². The predicted molar refractivity (Wildman–Crippen MR) is 46.0 cm³/mol. The highest BCUT2D eigenvalue weighted by Crippen LogP contribution is 2.26. The fraction of sp³-hybridized carbons (Fsp3) is 0.625. The number of allylic oxidation sites excluding steroid dienone is 1. The Hall–Kier alpha value is 0. The highest BCUT2D eigenvalue weighted by atomic mass is 79.9. The first kappa shape index (κ1) is 9.00. The van der Waals surface area contributed by atoms with Gasteiger partial charge in [-0.2, -0.15) is 0 Å². The molecule has 0 bridgehead atoms. The van der Waals surface area contributed by atoms with E-state index in [0.717, 1.165) is 6.42 Å². The summed E-state index contributed by atoms with van der Waals surface area (Å²) in [7, 11) is 0. The lowest BCUT2D eigenvalue weighted by Gasteiger charge is -2.16. The van der Waals surface area contributed by atoms with Gasteiger partial charge in [-0.3, -0.25) is 0 Å². The van der Waals surface area contributed by atoms with E-state index in [4.69, 9.17) is 0 Å². The molecule has 0 aliphatic rings. The van der Waals surface area contributed by atoms with Gasteiger partial charge in [-0.1, -0.05) is 29.4 Å². The summed E-state index contributed by atoms with van der Waals surface area (Å²) >= 11 is 3.53. The lowest BCUT2D eigenvalue weighted by Crippen LogP contribution is -2.11. The van der Waals surface area contributed by atoms with E-state index in [-0.39, 0.29) is 4.32 Å². The Morgan fingerprint density at radius 3 is 2.11 bits per heavy atom. The molecule has 52 valence electrons. The van der Waals surface area contributed by atoms with E-state index in [1.54, 1.807) is 0 Å². The van der Waals surface area contributed by atoms with Crippen LogP contribution in [-0.2, 0) is 0 Å². The second-order valence-electron chi connectivity index (χ2n) is 2.48. The zero-order valence-corrected chi connectivity index (χ0v) is 7.88. The molecule has 0 aliphatic heterocycles. The van der Waals surface area contributed by atoms with Crippen molar-refractivity contribution in [3.05, 3.63) is 17.9 Å². The fourth-order valence-corrected chi connectivity index (χ4v) is 1.18. The molecule has 0 N–H and O–H groups in total. The molecule has 0 aromatic rings. The minimum atomic E-state index is 0.0729. The molecule has 0 rings (SSSR count). The molecule has 9 heavy (non-hydrogen) atoms. The van der Waals surface area contributed by atoms with Crippen LogP contribution in [0, 0.1) is 0 Å². The molecule has 0 spiro atoms. The Labute approximate surface area is 65.8 Å². The normalized spacial score (nSPS) is 10.7. The maximum Gasteiger partial charge on any atom is 0.0483 e. The van der Waals surface area contributed by atoms with Gasteiger partial charge >= 0.3 is 0 Å². The quantitative estimate of drug-likeness (QED) is 0.461. The van der Waals surface area contributed by atoms with E-state index in [1.807, 2.05) is 0 Å². The number of halogens is 1. The molecule has 0 saturated carbocycles. The summed E-state index contributed by atoms with van der Waals surface area (Å²) in [5.41, 5.74) is 4.14. The second-order valence-corrected chi connectivity index (χ2v) is 4.46. The lowest BCUT2D eigenvalue weighted by molar-refractivity contribution is 0.807. The van der Waals surface area contributed by atoms with Crippen molar-refractivity contribution in [3.63, 3.8) is 0 Å². The Balaban J connectivity index is 4.33. The van der Waals surface area contributed by atoms with E-state index >= 15 is 0 Å². The lowest BCUT2D eigenvalue weighted by atomic mass is 10.0. The summed E-state index contributed by atoms with van der Waals surface area (Å²) in [4.78, 5) is 0. The summed E-state index contributed by atoms with van der Waals surface area (Å²) < 4.78 is 0.0729. The average molecular weight is 189 g/mol. The predicted octanol–water partition coefficient (Wildman–Crippen LogP) is 3.28. The highest BCUT2D eigenvalue weighted by molar-refractivity contribution is 9.10. The molecule has 0 nitrogen and oxygen atoms in total. The SMILES string of the molecule is C=C=C(CC)C(C)(C)Br. The number of alkyl halides is 1. The van der Waals surface area contributed by atoms with E-state index < -0.39 is 0 Å². The van der Waals surface area contributed by atoms with Gasteiger partial charge in [-0.15, -0.1) is 5.73 Å². The smallest absolute Gasteiger partial charge is 0.0483 e. The Kier molecular flexibility index (Phi) is 3.24. The van der Waals surface area contributed by atoms with Crippen LogP contribution in [0.15, 0.2) is 17.9 Å². The number of hydrogen-bond donors (Lipinski definition) is 0. The third-order valence-corrected chi connectivity index (χ3v) is 1.76. The molecular weight excluding hydrogens is 176 g/mol. The second kappa shape index (κ2) is 3.24. The first-order valence-corrected chi connectivity index (χ1v) is 3.90. The third-order valence-electron chi connectivity index (χ3n) is 1.28. The van der Waals surface area contributed by atoms with Gasteiger partial charge in [0.2, 0.25) is 0 Å². The molecule has 0 aromatic heterocycles. The van der Waals surface area contributed by atoms with Gasteiger partial charge < -0.3 is 0 Å². The topological polar surface area (TPSA) is 0 Å². The van der Waals surface area contributed by atoms with E-state index in [9.17, 15) is 0 Å². The van der Waals surface area contributed by atoms with E-state index in [1.165, 1.54) is 5.57 Å². The van der Waals surface area contributed by atoms with Crippen molar-refractivity contribution in [3.8, 4) is 0 Å². The summed E-state index contributed by atoms with van der Waals surface area (Å²) in [6.07, 6.45) is 1.02. The van der Waals surface area contributed by atoms with Crippen LogP contribution in [0.25, 0.3) is 0 Å². The summed E-state index contributed by atoms with van der Waals surface area (Å²) in [5, 5.41) is 0. The van der Waals surface area contributed by atoms with Gasteiger partial charge in [-0.25, -0.2) is 0 Å². The third kappa shape index (κ3) is 2.88. The number of rotatable bonds is 2. The molecule has 0 radical (unpaired) electrons. The Morgan fingerprint density at radius 1 is 1.67 bits per heavy atom. The minimum Gasteiger partial charge on any atom is -0.128 e. The first-order chi connectivity index (χ1) is 4.02. The van der Waals surface area contributed by atoms with Gasteiger partial charge in [0.1, 0.15) is 0 Å². The van der Waals surface area contributed by atoms with Crippen molar-refractivity contribution >= 4 is 15.9 Å². The molecular formula is C8H13Br.